The first kappa shape index (κ1) is 14.7. The molecule has 4 heteroatoms. The maximum atomic E-state index is 10.9. The third-order valence-corrected chi connectivity index (χ3v) is 2.93. The first-order chi connectivity index (χ1) is 8.63. The van der Waals surface area contributed by atoms with E-state index in [9.17, 15) is 4.79 Å². The van der Waals surface area contributed by atoms with Crippen molar-refractivity contribution < 1.29 is 9.90 Å². The number of primary amides is 1. The van der Waals surface area contributed by atoms with Crippen molar-refractivity contribution in [2.24, 2.45) is 11.7 Å². The number of aliphatic hydroxyl groups is 1. The summed E-state index contributed by atoms with van der Waals surface area (Å²) < 4.78 is 0. The predicted molar refractivity (Wildman–Crippen MR) is 72.2 cm³/mol. The molecule has 1 aromatic carbocycles. The van der Waals surface area contributed by atoms with Crippen molar-refractivity contribution in [2.75, 3.05) is 13.2 Å². The number of hydrogen-bond donors (Lipinski definition) is 3. The molecule has 1 amide bonds. The molecule has 0 aliphatic rings. The molecular weight excluding hydrogens is 228 g/mol. The highest BCUT2D eigenvalue weighted by Crippen LogP contribution is 2.05. The van der Waals surface area contributed by atoms with Gasteiger partial charge in [-0.05, 0) is 43.0 Å². The van der Waals surface area contributed by atoms with Crippen LogP contribution in [0, 0.1) is 5.92 Å². The Balaban J connectivity index is 2.21. The zero-order chi connectivity index (χ0) is 13.4. The Morgan fingerprint density at radius 2 is 2.06 bits per heavy atom. The molecule has 0 bridgehead atoms. The molecule has 18 heavy (non-hydrogen) atoms. The summed E-state index contributed by atoms with van der Waals surface area (Å²) in [5, 5.41) is 12.2. The van der Waals surface area contributed by atoms with E-state index >= 15 is 0 Å². The Kier molecular flexibility index (Phi) is 6.39. The van der Waals surface area contributed by atoms with Crippen LogP contribution in [0.1, 0.15) is 35.7 Å². The number of aliphatic hydroxyl groups excluding tert-OH is 1. The highest BCUT2D eigenvalue weighted by molar-refractivity contribution is 5.92. The molecule has 0 spiro atoms. The van der Waals surface area contributed by atoms with Crippen LogP contribution in [0.5, 0.6) is 0 Å². The Morgan fingerprint density at radius 1 is 1.39 bits per heavy atom. The standard InChI is InChI=1S/C14H22N2O2/c1-11(10-17)3-2-8-16-9-12-4-6-13(7-5-12)14(15)18/h4-7,11,16-17H,2-3,8-10H2,1H3,(H2,15,18). The molecule has 1 unspecified atom stereocenters. The Hall–Kier alpha value is -1.39. The Bertz CT molecular complexity index is 363. The second-order valence-electron chi connectivity index (χ2n) is 4.67. The molecule has 0 aliphatic heterocycles. The molecule has 1 aromatic rings. The van der Waals surface area contributed by atoms with Gasteiger partial charge in [-0.15, -0.1) is 0 Å². The lowest BCUT2D eigenvalue weighted by Gasteiger charge is -2.08. The lowest BCUT2D eigenvalue weighted by Crippen LogP contribution is -2.16. The van der Waals surface area contributed by atoms with Crippen LogP contribution in [0.3, 0.4) is 0 Å². The monoisotopic (exact) mass is 250 g/mol. The van der Waals surface area contributed by atoms with Crippen molar-refractivity contribution in [3.63, 3.8) is 0 Å². The van der Waals surface area contributed by atoms with E-state index in [0.717, 1.165) is 31.5 Å². The normalized spacial score (nSPS) is 12.3. The Labute approximate surface area is 108 Å². The lowest BCUT2D eigenvalue weighted by molar-refractivity contribution is 0.100. The summed E-state index contributed by atoms with van der Waals surface area (Å²) in [7, 11) is 0. The maximum absolute atomic E-state index is 10.9. The fourth-order valence-electron chi connectivity index (χ4n) is 1.69. The molecule has 0 saturated carbocycles. The summed E-state index contributed by atoms with van der Waals surface area (Å²) in [5.41, 5.74) is 6.84. The number of hydrogen-bond acceptors (Lipinski definition) is 3. The number of benzene rings is 1. The number of carbonyl (C=O) groups excluding carboxylic acids is 1. The van der Waals surface area contributed by atoms with Gasteiger partial charge in [0, 0.05) is 18.7 Å². The van der Waals surface area contributed by atoms with Gasteiger partial charge in [0.15, 0.2) is 0 Å². The molecule has 4 nitrogen and oxygen atoms in total. The van der Waals surface area contributed by atoms with Gasteiger partial charge in [0.2, 0.25) is 5.91 Å². The maximum Gasteiger partial charge on any atom is 0.248 e. The van der Waals surface area contributed by atoms with E-state index in [1.54, 1.807) is 12.1 Å². The third-order valence-electron chi connectivity index (χ3n) is 2.93. The predicted octanol–water partition coefficient (Wildman–Crippen LogP) is 1.28. The van der Waals surface area contributed by atoms with Gasteiger partial charge in [0.25, 0.3) is 0 Å². The molecule has 1 atom stereocenters. The van der Waals surface area contributed by atoms with Gasteiger partial charge in [-0.3, -0.25) is 4.79 Å². The summed E-state index contributed by atoms with van der Waals surface area (Å²) in [6.07, 6.45) is 2.09. The highest BCUT2D eigenvalue weighted by Gasteiger charge is 2.00. The molecular formula is C14H22N2O2. The number of nitrogens with one attached hydrogen (secondary N) is 1. The van der Waals surface area contributed by atoms with Crippen molar-refractivity contribution >= 4 is 5.91 Å². The van der Waals surface area contributed by atoms with E-state index in [4.69, 9.17) is 10.8 Å². The molecule has 0 heterocycles. The van der Waals surface area contributed by atoms with Gasteiger partial charge >= 0.3 is 0 Å². The number of amides is 1. The van der Waals surface area contributed by atoms with Crippen molar-refractivity contribution in [3.05, 3.63) is 35.4 Å². The van der Waals surface area contributed by atoms with Crippen molar-refractivity contribution in [2.45, 2.75) is 26.3 Å². The first-order valence-electron chi connectivity index (χ1n) is 6.33. The summed E-state index contributed by atoms with van der Waals surface area (Å²) in [6, 6.07) is 7.30. The van der Waals surface area contributed by atoms with Gasteiger partial charge in [0.05, 0.1) is 0 Å². The quantitative estimate of drug-likeness (QED) is 0.608. The highest BCUT2D eigenvalue weighted by atomic mass is 16.3. The molecule has 0 aromatic heterocycles. The molecule has 4 N–H and O–H groups in total. The minimum atomic E-state index is -0.396. The average Bonchev–Trinajstić information content (AvgIpc) is 2.38. The number of rotatable bonds is 8. The first-order valence-corrected chi connectivity index (χ1v) is 6.33. The molecule has 1 rings (SSSR count). The SMILES string of the molecule is CC(CO)CCCNCc1ccc(C(N)=O)cc1. The topological polar surface area (TPSA) is 75.3 Å². The van der Waals surface area contributed by atoms with Crippen molar-refractivity contribution in [1.82, 2.24) is 5.32 Å². The summed E-state index contributed by atoms with van der Waals surface area (Å²) in [5.74, 6) is -0.0193. The molecule has 0 fully saturated rings. The van der Waals surface area contributed by atoms with Crippen LogP contribution in [0.2, 0.25) is 0 Å². The van der Waals surface area contributed by atoms with E-state index in [1.165, 1.54) is 0 Å². The second kappa shape index (κ2) is 7.84. The van der Waals surface area contributed by atoms with Gasteiger partial charge < -0.3 is 16.2 Å². The van der Waals surface area contributed by atoms with Crippen molar-refractivity contribution in [1.29, 1.82) is 0 Å². The Morgan fingerprint density at radius 3 is 2.61 bits per heavy atom. The van der Waals surface area contributed by atoms with Crippen molar-refractivity contribution in [3.8, 4) is 0 Å². The zero-order valence-electron chi connectivity index (χ0n) is 10.9. The average molecular weight is 250 g/mol. The van der Waals surface area contributed by atoms with E-state index < -0.39 is 5.91 Å². The fraction of sp³-hybridized carbons (Fsp3) is 0.500. The summed E-state index contributed by atoms with van der Waals surface area (Å²) >= 11 is 0. The van der Waals surface area contributed by atoms with Crippen LogP contribution < -0.4 is 11.1 Å². The zero-order valence-corrected chi connectivity index (χ0v) is 10.9. The largest absolute Gasteiger partial charge is 0.396 e. The summed E-state index contributed by atoms with van der Waals surface area (Å²) in [4.78, 5) is 10.9. The minimum absolute atomic E-state index is 0.259. The summed E-state index contributed by atoms with van der Waals surface area (Å²) in [6.45, 7) is 4.02. The van der Waals surface area contributed by atoms with Gasteiger partial charge in [-0.2, -0.15) is 0 Å². The lowest BCUT2D eigenvalue weighted by atomic mass is 10.1. The fourth-order valence-corrected chi connectivity index (χ4v) is 1.69. The van der Waals surface area contributed by atoms with Crippen LogP contribution in [0.4, 0.5) is 0 Å². The van der Waals surface area contributed by atoms with E-state index in [2.05, 4.69) is 5.32 Å². The van der Waals surface area contributed by atoms with Gasteiger partial charge in [-0.25, -0.2) is 0 Å². The molecule has 0 aliphatic carbocycles. The molecule has 100 valence electrons. The molecule has 0 radical (unpaired) electrons. The van der Waals surface area contributed by atoms with E-state index in [-0.39, 0.29) is 6.61 Å². The van der Waals surface area contributed by atoms with Crippen LogP contribution >= 0.6 is 0 Å². The third kappa shape index (κ3) is 5.29. The van der Waals surface area contributed by atoms with Crippen LogP contribution in [-0.4, -0.2) is 24.2 Å². The second-order valence-corrected chi connectivity index (χ2v) is 4.67. The van der Waals surface area contributed by atoms with Gasteiger partial charge in [-0.1, -0.05) is 19.1 Å². The molecule has 0 saturated heterocycles. The number of carbonyl (C=O) groups is 1. The van der Waals surface area contributed by atoms with E-state index in [0.29, 0.717) is 11.5 Å². The minimum Gasteiger partial charge on any atom is -0.396 e. The van der Waals surface area contributed by atoms with E-state index in [1.807, 2.05) is 19.1 Å². The van der Waals surface area contributed by atoms with Crippen LogP contribution in [0.15, 0.2) is 24.3 Å². The van der Waals surface area contributed by atoms with Crippen LogP contribution in [0.25, 0.3) is 0 Å². The smallest absolute Gasteiger partial charge is 0.248 e. The van der Waals surface area contributed by atoms with Gasteiger partial charge in [0.1, 0.15) is 0 Å². The van der Waals surface area contributed by atoms with Crippen LogP contribution in [-0.2, 0) is 6.54 Å². The number of nitrogens with two attached hydrogens (primary N) is 1.